The zero-order valence-electron chi connectivity index (χ0n) is 6.99. The van der Waals surface area contributed by atoms with Crippen molar-refractivity contribution in [2.75, 3.05) is 13.1 Å². The fourth-order valence-corrected chi connectivity index (χ4v) is 1.36. The van der Waals surface area contributed by atoms with E-state index in [1.165, 1.54) is 0 Å². The summed E-state index contributed by atoms with van der Waals surface area (Å²) in [5.41, 5.74) is 0. The summed E-state index contributed by atoms with van der Waals surface area (Å²) in [4.78, 5) is 2.12. The van der Waals surface area contributed by atoms with E-state index >= 15 is 0 Å². The molecule has 0 bridgehead atoms. The molecule has 0 aromatic heterocycles. The van der Waals surface area contributed by atoms with E-state index in [0.717, 1.165) is 6.54 Å². The molecule has 11 heavy (non-hydrogen) atoms. The van der Waals surface area contributed by atoms with Crippen molar-refractivity contribution >= 4 is 0 Å². The van der Waals surface area contributed by atoms with Crippen LogP contribution in [0.5, 0.6) is 0 Å². The Hall–Kier alpha value is -0.590. The number of β-amino-alcohol motifs (C(OH)–C–C–N with tert-alkyl or cyclic N) is 1. The van der Waals surface area contributed by atoms with Gasteiger partial charge in [-0.25, -0.2) is 0 Å². The van der Waals surface area contributed by atoms with E-state index < -0.39 is 6.10 Å². The highest BCUT2D eigenvalue weighted by Crippen LogP contribution is 2.17. The Balaban J connectivity index is 2.51. The van der Waals surface area contributed by atoms with Crippen LogP contribution >= 0.6 is 0 Å². The third-order valence-corrected chi connectivity index (χ3v) is 2.21. The van der Waals surface area contributed by atoms with Crippen molar-refractivity contribution in [1.82, 2.24) is 4.90 Å². The second-order valence-corrected chi connectivity index (χ2v) is 3.35. The molecular weight excluding hydrogens is 140 g/mol. The first kappa shape index (κ1) is 8.51. The first-order chi connectivity index (χ1) is 5.15. The van der Waals surface area contributed by atoms with Crippen molar-refractivity contribution in [2.24, 2.45) is 5.92 Å². The molecule has 62 valence electrons. The SMILES string of the molecule is CC(C)N1CC(O)[C@@H](C#N)C1. The van der Waals surface area contributed by atoms with E-state index in [1.807, 2.05) is 0 Å². The lowest BCUT2D eigenvalue weighted by molar-refractivity contribution is 0.153. The number of aliphatic hydroxyl groups excluding tert-OH is 1. The molecular formula is C8H14N2O. The van der Waals surface area contributed by atoms with Crippen molar-refractivity contribution < 1.29 is 5.11 Å². The van der Waals surface area contributed by atoms with Gasteiger partial charge in [-0.05, 0) is 13.8 Å². The summed E-state index contributed by atoms with van der Waals surface area (Å²) in [5, 5.41) is 17.9. The first-order valence-electron chi connectivity index (χ1n) is 3.97. The van der Waals surface area contributed by atoms with Crippen LogP contribution in [0.3, 0.4) is 0 Å². The summed E-state index contributed by atoms with van der Waals surface area (Å²) in [7, 11) is 0. The number of rotatable bonds is 1. The molecule has 1 unspecified atom stereocenters. The Morgan fingerprint density at radius 3 is 2.45 bits per heavy atom. The maximum absolute atomic E-state index is 9.34. The molecule has 3 nitrogen and oxygen atoms in total. The average molecular weight is 154 g/mol. The number of nitrogens with zero attached hydrogens (tertiary/aromatic N) is 2. The van der Waals surface area contributed by atoms with Gasteiger partial charge in [0.1, 0.15) is 0 Å². The van der Waals surface area contributed by atoms with Gasteiger partial charge in [-0.2, -0.15) is 5.26 Å². The van der Waals surface area contributed by atoms with Crippen LogP contribution in [-0.4, -0.2) is 35.2 Å². The summed E-state index contributed by atoms with van der Waals surface area (Å²) in [6, 6.07) is 2.54. The number of hydrogen-bond donors (Lipinski definition) is 1. The lowest BCUT2D eigenvalue weighted by Gasteiger charge is -2.18. The molecule has 0 amide bonds. The second-order valence-electron chi connectivity index (χ2n) is 3.35. The molecule has 0 radical (unpaired) electrons. The summed E-state index contributed by atoms with van der Waals surface area (Å²) in [6.45, 7) is 5.52. The highest BCUT2D eigenvalue weighted by Gasteiger charge is 2.32. The molecule has 1 aliphatic heterocycles. The quantitative estimate of drug-likeness (QED) is 0.587. The van der Waals surface area contributed by atoms with Crippen LogP contribution in [0.15, 0.2) is 0 Å². The molecule has 0 aromatic carbocycles. The summed E-state index contributed by atoms with van der Waals surface area (Å²) in [5.74, 6) is -0.183. The zero-order valence-corrected chi connectivity index (χ0v) is 6.99. The maximum atomic E-state index is 9.34. The van der Waals surface area contributed by atoms with E-state index in [2.05, 4.69) is 24.8 Å². The van der Waals surface area contributed by atoms with Crippen molar-refractivity contribution in [3.05, 3.63) is 0 Å². The minimum Gasteiger partial charge on any atom is -0.390 e. The van der Waals surface area contributed by atoms with Gasteiger partial charge < -0.3 is 5.11 Å². The minimum atomic E-state index is -0.442. The lowest BCUT2D eigenvalue weighted by Crippen LogP contribution is -2.29. The minimum absolute atomic E-state index is 0.183. The Bertz CT molecular complexity index is 173. The molecule has 1 fully saturated rings. The molecule has 1 N–H and O–H groups in total. The van der Waals surface area contributed by atoms with Crippen molar-refractivity contribution in [2.45, 2.75) is 26.0 Å². The zero-order chi connectivity index (χ0) is 8.43. The van der Waals surface area contributed by atoms with Gasteiger partial charge in [-0.15, -0.1) is 0 Å². The largest absolute Gasteiger partial charge is 0.390 e. The van der Waals surface area contributed by atoms with Crippen LogP contribution in [0.4, 0.5) is 0 Å². The average Bonchev–Trinajstić information content (AvgIpc) is 2.31. The molecule has 1 aliphatic rings. The Labute approximate surface area is 67.2 Å². The number of nitriles is 1. The smallest absolute Gasteiger partial charge is 0.0862 e. The third-order valence-electron chi connectivity index (χ3n) is 2.21. The van der Waals surface area contributed by atoms with Crippen LogP contribution in [-0.2, 0) is 0 Å². The topological polar surface area (TPSA) is 47.3 Å². The van der Waals surface area contributed by atoms with Crippen LogP contribution < -0.4 is 0 Å². The van der Waals surface area contributed by atoms with Gasteiger partial charge in [-0.1, -0.05) is 0 Å². The summed E-state index contributed by atoms with van der Waals surface area (Å²) < 4.78 is 0. The fraction of sp³-hybridized carbons (Fsp3) is 0.875. The van der Waals surface area contributed by atoms with Gasteiger partial charge in [0.2, 0.25) is 0 Å². The second kappa shape index (κ2) is 3.21. The number of hydrogen-bond acceptors (Lipinski definition) is 3. The Kier molecular flexibility index (Phi) is 2.48. The molecule has 2 atom stereocenters. The van der Waals surface area contributed by atoms with Gasteiger partial charge in [0.15, 0.2) is 0 Å². The van der Waals surface area contributed by atoms with E-state index in [-0.39, 0.29) is 5.92 Å². The third kappa shape index (κ3) is 1.70. The maximum Gasteiger partial charge on any atom is 0.0862 e. The van der Waals surface area contributed by atoms with Gasteiger partial charge >= 0.3 is 0 Å². The summed E-state index contributed by atoms with van der Waals surface area (Å²) in [6.07, 6.45) is -0.442. The molecule has 0 saturated carbocycles. The van der Waals surface area contributed by atoms with Crippen LogP contribution in [0.2, 0.25) is 0 Å². The van der Waals surface area contributed by atoms with Gasteiger partial charge in [0.05, 0.1) is 18.1 Å². The molecule has 0 aromatic rings. The standard InChI is InChI=1S/C8H14N2O/c1-6(2)10-4-7(3-9)8(11)5-10/h6-8,11H,4-5H2,1-2H3/t7-,8?/m0/s1. The predicted octanol–water partition coefficient (Wildman–Crippen LogP) is 0.211. The van der Waals surface area contributed by atoms with Crippen LogP contribution in [0.1, 0.15) is 13.8 Å². The van der Waals surface area contributed by atoms with Crippen molar-refractivity contribution in [1.29, 1.82) is 5.26 Å². The van der Waals surface area contributed by atoms with E-state index in [4.69, 9.17) is 5.26 Å². The summed E-state index contributed by atoms with van der Waals surface area (Å²) >= 11 is 0. The van der Waals surface area contributed by atoms with E-state index in [9.17, 15) is 5.11 Å². The monoisotopic (exact) mass is 154 g/mol. The Morgan fingerprint density at radius 1 is 1.55 bits per heavy atom. The Morgan fingerprint density at radius 2 is 2.18 bits per heavy atom. The van der Waals surface area contributed by atoms with Crippen LogP contribution in [0, 0.1) is 17.2 Å². The highest BCUT2D eigenvalue weighted by molar-refractivity contribution is 4.97. The molecule has 0 spiro atoms. The van der Waals surface area contributed by atoms with Gasteiger partial charge in [-0.3, -0.25) is 4.90 Å². The fourth-order valence-electron chi connectivity index (χ4n) is 1.36. The first-order valence-corrected chi connectivity index (χ1v) is 3.97. The molecule has 0 aliphatic carbocycles. The number of likely N-dealkylation sites (tertiary alicyclic amines) is 1. The highest BCUT2D eigenvalue weighted by atomic mass is 16.3. The lowest BCUT2D eigenvalue weighted by atomic mass is 10.1. The van der Waals surface area contributed by atoms with Gasteiger partial charge in [0, 0.05) is 19.1 Å². The number of aliphatic hydroxyl groups is 1. The normalized spacial score (nSPS) is 32.6. The molecule has 1 rings (SSSR count). The van der Waals surface area contributed by atoms with E-state index in [0.29, 0.717) is 12.6 Å². The molecule has 1 heterocycles. The van der Waals surface area contributed by atoms with Crippen molar-refractivity contribution in [3.63, 3.8) is 0 Å². The predicted molar refractivity (Wildman–Crippen MR) is 41.8 cm³/mol. The van der Waals surface area contributed by atoms with E-state index in [1.54, 1.807) is 0 Å². The van der Waals surface area contributed by atoms with Crippen molar-refractivity contribution in [3.8, 4) is 6.07 Å². The molecule has 3 heteroatoms. The molecule has 1 saturated heterocycles. The van der Waals surface area contributed by atoms with Gasteiger partial charge in [0.25, 0.3) is 0 Å². The van der Waals surface area contributed by atoms with Crippen LogP contribution in [0.25, 0.3) is 0 Å².